The van der Waals surface area contributed by atoms with E-state index in [4.69, 9.17) is 14.2 Å². The predicted molar refractivity (Wildman–Crippen MR) is 136 cm³/mol. The fraction of sp³-hybridized carbons (Fsp3) is 0.185. The lowest BCUT2D eigenvalue weighted by molar-refractivity contribution is -0.119. The molecule has 5 rings (SSSR count). The molecule has 1 unspecified atom stereocenters. The summed E-state index contributed by atoms with van der Waals surface area (Å²) >= 11 is 1.19. The third-order valence-electron chi connectivity index (χ3n) is 6.15. The molecule has 2 heterocycles. The van der Waals surface area contributed by atoms with Gasteiger partial charge in [-0.15, -0.1) is 0 Å². The average Bonchev–Trinajstić information content (AvgIpc) is 3.47. The van der Waals surface area contributed by atoms with Crippen molar-refractivity contribution in [1.82, 2.24) is 9.29 Å². The van der Waals surface area contributed by atoms with Crippen molar-refractivity contribution in [2.75, 3.05) is 13.9 Å². The highest BCUT2D eigenvalue weighted by atomic mass is 32.2. The van der Waals surface area contributed by atoms with Crippen molar-refractivity contribution in [3.05, 3.63) is 83.0 Å². The lowest BCUT2D eigenvalue weighted by Gasteiger charge is -2.18. The van der Waals surface area contributed by atoms with Gasteiger partial charge in [0.1, 0.15) is 5.75 Å². The van der Waals surface area contributed by atoms with Crippen LogP contribution < -0.4 is 18.9 Å². The summed E-state index contributed by atoms with van der Waals surface area (Å²) in [7, 11) is 3.43. The molecule has 36 heavy (non-hydrogen) atoms. The number of carbonyl (C=O) groups is 2. The van der Waals surface area contributed by atoms with Gasteiger partial charge in [-0.1, -0.05) is 18.2 Å². The van der Waals surface area contributed by atoms with Gasteiger partial charge in [-0.3, -0.25) is 9.52 Å². The van der Waals surface area contributed by atoms with Gasteiger partial charge >= 0.3 is 5.97 Å². The maximum Gasteiger partial charge on any atom is 0.335 e. The Labute approximate surface area is 211 Å². The van der Waals surface area contributed by atoms with Crippen LogP contribution in [0.2, 0.25) is 0 Å². The lowest BCUT2D eigenvalue weighted by atomic mass is 9.90. The number of aromatic carboxylic acids is 1. The van der Waals surface area contributed by atoms with Gasteiger partial charge in [-0.25, -0.2) is 4.79 Å². The van der Waals surface area contributed by atoms with Crippen molar-refractivity contribution in [2.45, 2.75) is 17.7 Å². The molecule has 0 saturated heterocycles. The molecule has 1 aliphatic rings. The summed E-state index contributed by atoms with van der Waals surface area (Å²) in [6, 6.07) is 16.1. The fourth-order valence-electron chi connectivity index (χ4n) is 4.37. The van der Waals surface area contributed by atoms with E-state index < -0.39 is 11.9 Å². The number of nitrogens with zero attached hydrogens (tertiary/aromatic N) is 1. The summed E-state index contributed by atoms with van der Waals surface area (Å²) < 4.78 is 21.3. The van der Waals surface area contributed by atoms with Gasteiger partial charge in [0.05, 0.1) is 23.5 Å². The Kier molecular flexibility index (Phi) is 6.24. The normalized spacial score (nSPS) is 13.0. The zero-order chi connectivity index (χ0) is 25.4. The Hall–Kier alpha value is -4.11. The van der Waals surface area contributed by atoms with E-state index in [1.54, 1.807) is 31.4 Å². The van der Waals surface area contributed by atoms with Crippen LogP contribution in [0.25, 0.3) is 10.9 Å². The number of benzene rings is 3. The van der Waals surface area contributed by atoms with Crippen LogP contribution in [-0.2, 0) is 11.8 Å². The Bertz CT molecular complexity index is 1500. The largest absolute Gasteiger partial charge is 0.496 e. The zero-order valence-electron chi connectivity index (χ0n) is 19.9. The summed E-state index contributed by atoms with van der Waals surface area (Å²) in [6.45, 7) is 2.10. The predicted octanol–water partition coefficient (Wildman–Crippen LogP) is 4.88. The lowest BCUT2D eigenvalue weighted by Crippen LogP contribution is -2.25. The molecular weight excluding hydrogens is 480 g/mol. The molecule has 1 aromatic heterocycles. The number of methoxy groups -OCH3 is 1. The first-order valence-corrected chi connectivity index (χ1v) is 12.0. The minimum Gasteiger partial charge on any atom is -0.496 e. The van der Waals surface area contributed by atoms with E-state index in [1.807, 2.05) is 55.1 Å². The van der Waals surface area contributed by atoms with Crippen LogP contribution in [0, 0.1) is 6.92 Å². The number of rotatable bonds is 7. The first-order chi connectivity index (χ1) is 17.4. The van der Waals surface area contributed by atoms with E-state index in [0.29, 0.717) is 17.2 Å². The van der Waals surface area contributed by atoms with Gasteiger partial charge in [0.25, 0.3) is 0 Å². The van der Waals surface area contributed by atoms with Gasteiger partial charge in [-0.05, 0) is 72.0 Å². The molecule has 0 aliphatic carbocycles. The van der Waals surface area contributed by atoms with Crippen molar-refractivity contribution < 1.29 is 28.9 Å². The van der Waals surface area contributed by atoms with E-state index in [2.05, 4.69) is 4.72 Å². The molecule has 8 nitrogen and oxygen atoms in total. The second-order valence-electron chi connectivity index (χ2n) is 8.50. The van der Waals surface area contributed by atoms with Crippen LogP contribution in [-0.4, -0.2) is 35.5 Å². The number of hydrogen-bond donors (Lipinski definition) is 2. The number of aryl methyl sites for hydroxylation is 2. The Morgan fingerprint density at radius 1 is 1.08 bits per heavy atom. The molecule has 2 N–H and O–H groups in total. The zero-order valence-corrected chi connectivity index (χ0v) is 20.7. The van der Waals surface area contributed by atoms with Crippen LogP contribution >= 0.6 is 11.9 Å². The highest BCUT2D eigenvalue weighted by molar-refractivity contribution is 7.98. The highest BCUT2D eigenvalue weighted by Gasteiger charge is 2.29. The number of carbonyl (C=O) groups excluding carboxylic acids is 1. The first-order valence-electron chi connectivity index (χ1n) is 11.2. The van der Waals surface area contributed by atoms with Gasteiger partial charge in [0.2, 0.25) is 12.7 Å². The van der Waals surface area contributed by atoms with Crippen molar-refractivity contribution >= 4 is 34.7 Å². The molecular formula is C27H24N2O6S. The number of carboxylic acids is 1. The van der Waals surface area contributed by atoms with Crippen LogP contribution in [0.4, 0.5) is 0 Å². The number of amides is 1. The monoisotopic (exact) mass is 504 g/mol. The smallest absolute Gasteiger partial charge is 0.335 e. The average molecular weight is 505 g/mol. The number of hydrogen-bond acceptors (Lipinski definition) is 6. The third kappa shape index (κ3) is 4.33. The van der Waals surface area contributed by atoms with E-state index in [0.717, 1.165) is 32.5 Å². The molecule has 3 aromatic carbocycles. The summed E-state index contributed by atoms with van der Waals surface area (Å²) in [5, 5.41) is 10.2. The van der Waals surface area contributed by atoms with E-state index in [9.17, 15) is 14.7 Å². The molecule has 9 heteroatoms. The molecule has 0 spiro atoms. The van der Waals surface area contributed by atoms with Crippen LogP contribution in [0.5, 0.6) is 17.2 Å². The van der Waals surface area contributed by atoms with E-state index in [1.165, 1.54) is 11.9 Å². The van der Waals surface area contributed by atoms with E-state index >= 15 is 0 Å². The van der Waals surface area contributed by atoms with E-state index in [-0.39, 0.29) is 18.3 Å². The molecule has 1 aliphatic heterocycles. The Morgan fingerprint density at radius 3 is 2.67 bits per heavy atom. The van der Waals surface area contributed by atoms with Gasteiger partial charge in [0.15, 0.2) is 11.5 Å². The molecule has 0 saturated carbocycles. The first kappa shape index (κ1) is 23.6. The quantitative estimate of drug-likeness (QED) is 0.346. The fourth-order valence-corrected chi connectivity index (χ4v) is 5.07. The number of aromatic nitrogens is 1. The standard InChI is InChI=1S/C27H24N2O6S/c1-15-4-9-24(23(10-15)33-3)36-28-26(30)25(16-6-8-21-22(12-16)35-14-34-21)19-13-29(2)20-11-17(27(31)32)5-7-18(19)20/h4-13,25H,14H2,1-3H3,(H,28,30)(H,31,32). The number of nitrogens with one attached hydrogen (secondary N) is 1. The van der Waals surface area contributed by atoms with Gasteiger partial charge in [-0.2, -0.15) is 0 Å². The topological polar surface area (TPSA) is 99.0 Å². The van der Waals surface area contributed by atoms with Crippen molar-refractivity contribution in [1.29, 1.82) is 0 Å². The number of carboxylic acid groups (broad SMARTS) is 1. The summed E-state index contributed by atoms with van der Waals surface area (Å²) in [4.78, 5) is 26.1. The van der Waals surface area contributed by atoms with Crippen molar-refractivity contribution in [3.63, 3.8) is 0 Å². The Balaban J connectivity index is 1.56. The van der Waals surface area contributed by atoms with Gasteiger partial charge < -0.3 is 23.9 Å². The summed E-state index contributed by atoms with van der Waals surface area (Å²) in [6.07, 6.45) is 1.86. The third-order valence-corrected chi connectivity index (χ3v) is 7.01. The molecule has 1 atom stereocenters. The molecule has 184 valence electrons. The molecule has 1 amide bonds. The maximum absolute atomic E-state index is 13.8. The van der Waals surface area contributed by atoms with Crippen LogP contribution in [0.1, 0.15) is 33.0 Å². The SMILES string of the molecule is COc1cc(C)ccc1SNC(=O)C(c1ccc2c(c1)OCO2)c1cn(C)c2cc(C(=O)O)ccc12. The number of ether oxygens (including phenoxy) is 3. The van der Waals surface area contributed by atoms with Crippen LogP contribution in [0.15, 0.2) is 65.7 Å². The summed E-state index contributed by atoms with van der Waals surface area (Å²) in [5.41, 5.74) is 3.43. The second-order valence-corrected chi connectivity index (χ2v) is 9.35. The van der Waals surface area contributed by atoms with Crippen molar-refractivity contribution in [2.24, 2.45) is 7.05 Å². The second kappa shape index (κ2) is 9.50. The Morgan fingerprint density at radius 2 is 1.89 bits per heavy atom. The molecule has 0 fully saturated rings. The van der Waals surface area contributed by atoms with Crippen molar-refractivity contribution in [3.8, 4) is 17.2 Å². The number of fused-ring (bicyclic) bond motifs is 2. The molecule has 0 bridgehead atoms. The minimum atomic E-state index is -1.01. The maximum atomic E-state index is 13.8. The minimum absolute atomic E-state index is 0.130. The van der Waals surface area contributed by atoms with Gasteiger partial charge in [0, 0.05) is 24.1 Å². The molecule has 0 radical (unpaired) electrons. The summed E-state index contributed by atoms with van der Waals surface area (Å²) in [5.74, 6) is -0.0640. The highest BCUT2D eigenvalue weighted by Crippen LogP contribution is 2.39. The molecule has 4 aromatic rings. The van der Waals surface area contributed by atoms with Crippen LogP contribution in [0.3, 0.4) is 0 Å².